The molecule has 0 aliphatic carbocycles. The van der Waals surface area contributed by atoms with Gasteiger partial charge < -0.3 is 14.6 Å². The molecule has 1 aliphatic rings. The van der Waals surface area contributed by atoms with Crippen molar-refractivity contribution in [2.45, 2.75) is 19.4 Å². The zero-order chi connectivity index (χ0) is 14.5. The summed E-state index contributed by atoms with van der Waals surface area (Å²) in [6.45, 7) is 4.81. The first-order valence-corrected chi connectivity index (χ1v) is 6.79. The standard InChI is InChI=1S/C15H19N3O2/c1-15(2,20)11-7-18(8-11)14(19)10-4-5-13-12(6-10)16-9-17(13)3/h4-6,9,11,20H,7-8H2,1-3H3. The van der Waals surface area contributed by atoms with E-state index in [0.29, 0.717) is 18.7 Å². The Morgan fingerprint density at radius 3 is 2.75 bits per heavy atom. The van der Waals surface area contributed by atoms with Crippen LogP contribution in [0.3, 0.4) is 0 Å². The number of hydrogen-bond acceptors (Lipinski definition) is 3. The number of nitrogens with zero attached hydrogens (tertiary/aromatic N) is 3. The van der Waals surface area contributed by atoms with Crippen molar-refractivity contribution in [1.29, 1.82) is 0 Å². The number of carbonyl (C=O) groups is 1. The molecule has 0 atom stereocenters. The van der Waals surface area contributed by atoms with Crippen molar-refractivity contribution in [1.82, 2.24) is 14.5 Å². The molecule has 1 aromatic carbocycles. The van der Waals surface area contributed by atoms with Crippen LogP contribution in [0.5, 0.6) is 0 Å². The van der Waals surface area contributed by atoms with E-state index in [4.69, 9.17) is 0 Å². The van der Waals surface area contributed by atoms with Crippen LogP contribution >= 0.6 is 0 Å². The third kappa shape index (κ3) is 2.08. The van der Waals surface area contributed by atoms with E-state index in [1.54, 1.807) is 25.1 Å². The summed E-state index contributed by atoms with van der Waals surface area (Å²) in [6.07, 6.45) is 1.74. The summed E-state index contributed by atoms with van der Waals surface area (Å²) in [5.74, 6) is 0.170. The summed E-state index contributed by atoms with van der Waals surface area (Å²) in [6, 6.07) is 5.58. The number of aryl methyl sites for hydroxylation is 1. The molecule has 1 saturated heterocycles. The SMILES string of the molecule is Cn1cnc2cc(C(=O)N3CC(C(C)(C)O)C3)ccc21. The Morgan fingerprint density at radius 2 is 2.10 bits per heavy atom. The average Bonchev–Trinajstić information content (AvgIpc) is 2.67. The minimum absolute atomic E-state index is 0.0121. The lowest BCUT2D eigenvalue weighted by Crippen LogP contribution is -2.57. The maximum absolute atomic E-state index is 12.4. The van der Waals surface area contributed by atoms with Crippen LogP contribution < -0.4 is 0 Å². The molecule has 1 aromatic heterocycles. The summed E-state index contributed by atoms with van der Waals surface area (Å²) < 4.78 is 1.93. The second-order valence-corrected chi connectivity index (χ2v) is 6.12. The Morgan fingerprint density at radius 1 is 1.40 bits per heavy atom. The third-order valence-corrected chi connectivity index (χ3v) is 4.14. The molecule has 20 heavy (non-hydrogen) atoms. The van der Waals surface area contributed by atoms with E-state index in [9.17, 15) is 9.90 Å². The van der Waals surface area contributed by atoms with Crippen molar-refractivity contribution in [2.75, 3.05) is 13.1 Å². The molecule has 0 saturated carbocycles. The van der Waals surface area contributed by atoms with Crippen LogP contribution in [0.15, 0.2) is 24.5 Å². The van der Waals surface area contributed by atoms with Gasteiger partial charge in [0.05, 0.1) is 23.0 Å². The maximum Gasteiger partial charge on any atom is 0.253 e. The lowest BCUT2D eigenvalue weighted by molar-refractivity contribution is -0.0507. The fraction of sp³-hybridized carbons (Fsp3) is 0.467. The molecule has 2 aromatic rings. The second kappa shape index (κ2) is 4.31. The summed E-state index contributed by atoms with van der Waals surface area (Å²) in [5.41, 5.74) is 1.78. The molecule has 0 unspecified atom stereocenters. The predicted molar refractivity (Wildman–Crippen MR) is 76.4 cm³/mol. The molecule has 5 heteroatoms. The summed E-state index contributed by atoms with van der Waals surface area (Å²) in [7, 11) is 1.93. The minimum Gasteiger partial charge on any atom is -0.390 e. The van der Waals surface area contributed by atoms with Crippen molar-refractivity contribution in [2.24, 2.45) is 13.0 Å². The van der Waals surface area contributed by atoms with Gasteiger partial charge in [0.25, 0.3) is 5.91 Å². The highest BCUT2D eigenvalue weighted by atomic mass is 16.3. The average molecular weight is 273 g/mol. The lowest BCUT2D eigenvalue weighted by atomic mass is 9.84. The van der Waals surface area contributed by atoms with Crippen LogP contribution in [0.4, 0.5) is 0 Å². The van der Waals surface area contributed by atoms with Crippen molar-refractivity contribution >= 4 is 16.9 Å². The first kappa shape index (κ1) is 13.1. The van der Waals surface area contributed by atoms with Gasteiger partial charge in [0.2, 0.25) is 0 Å². The van der Waals surface area contributed by atoms with E-state index < -0.39 is 5.60 Å². The van der Waals surface area contributed by atoms with Gasteiger partial charge in [0.1, 0.15) is 0 Å². The van der Waals surface area contributed by atoms with E-state index >= 15 is 0 Å². The van der Waals surface area contributed by atoms with E-state index in [2.05, 4.69) is 4.98 Å². The lowest BCUT2D eigenvalue weighted by Gasteiger charge is -2.45. The Balaban J connectivity index is 1.77. The highest BCUT2D eigenvalue weighted by Gasteiger charge is 2.39. The number of aliphatic hydroxyl groups is 1. The minimum atomic E-state index is -0.721. The largest absolute Gasteiger partial charge is 0.390 e. The van der Waals surface area contributed by atoms with Gasteiger partial charge >= 0.3 is 0 Å². The van der Waals surface area contributed by atoms with Crippen LogP contribution in [-0.2, 0) is 7.05 Å². The molecule has 1 amide bonds. The molecule has 2 heterocycles. The monoisotopic (exact) mass is 273 g/mol. The highest BCUT2D eigenvalue weighted by Crippen LogP contribution is 2.28. The maximum atomic E-state index is 12.4. The highest BCUT2D eigenvalue weighted by molar-refractivity contribution is 5.97. The van der Waals surface area contributed by atoms with Gasteiger partial charge in [-0.3, -0.25) is 4.79 Å². The van der Waals surface area contributed by atoms with Gasteiger partial charge in [-0.1, -0.05) is 0 Å². The van der Waals surface area contributed by atoms with Crippen LogP contribution in [0.1, 0.15) is 24.2 Å². The zero-order valence-corrected chi connectivity index (χ0v) is 12.0. The van der Waals surface area contributed by atoms with Crippen LogP contribution in [0, 0.1) is 5.92 Å². The molecule has 0 radical (unpaired) electrons. The fourth-order valence-corrected chi connectivity index (χ4v) is 2.54. The molecule has 3 rings (SSSR count). The molecule has 1 aliphatic heterocycles. The summed E-state index contributed by atoms with van der Waals surface area (Å²) in [5, 5.41) is 9.90. The van der Waals surface area contributed by atoms with E-state index in [1.807, 2.05) is 29.8 Å². The van der Waals surface area contributed by atoms with Crippen LogP contribution in [-0.4, -0.2) is 44.2 Å². The molecule has 5 nitrogen and oxygen atoms in total. The number of aromatic nitrogens is 2. The van der Waals surface area contributed by atoms with Gasteiger partial charge in [-0.15, -0.1) is 0 Å². The molecule has 0 spiro atoms. The van der Waals surface area contributed by atoms with E-state index in [0.717, 1.165) is 11.0 Å². The van der Waals surface area contributed by atoms with Gasteiger partial charge in [-0.05, 0) is 32.0 Å². The molecule has 0 bridgehead atoms. The summed E-state index contributed by atoms with van der Waals surface area (Å²) >= 11 is 0. The zero-order valence-electron chi connectivity index (χ0n) is 12.0. The van der Waals surface area contributed by atoms with Crippen LogP contribution in [0.2, 0.25) is 0 Å². The topological polar surface area (TPSA) is 58.4 Å². The third-order valence-electron chi connectivity index (χ3n) is 4.14. The van der Waals surface area contributed by atoms with E-state index in [1.165, 1.54) is 0 Å². The Kier molecular flexibility index (Phi) is 2.83. The number of carbonyl (C=O) groups excluding carboxylic acids is 1. The number of fused-ring (bicyclic) bond motifs is 1. The number of imidazole rings is 1. The number of amides is 1. The molecule has 1 fully saturated rings. The first-order chi connectivity index (χ1) is 9.36. The Bertz CT molecular complexity index is 663. The normalized spacial score (nSPS) is 16.5. The quantitative estimate of drug-likeness (QED) is 0.900. The Hall–Kier alpha value is -1.88. The van der Waals surface area contributed by atoms with Crippen molar-refractivity contribution in [3.8, 4) is 0 Å². The number of hydrogen-bond donors (Lipinski definition) is 1. The van der Waals surface area contributed by atoms with Crippen molar-refractivity contribution in [3.63, 3.8) is 0 Å². The molecular weight excluding hydrogens is 254 g/mol. The van der Waals surface area contributed by atoms with Crippen molar-refractivity contribution in [3.05, 3.63) is 30.1 Å². The van der Waals surface area contributed by atoms with Gasteiger partial charge in [-0.25, -0.2) is 4.98 Å². The summed E-state index contributed by atoms with van der Waals surface area (Å²) in [4.78, 5) is 18.4. The molecule has 1 N–H and O–H groups in total. The molecule has 106 valence electrons. The fourth-order valence-electron chi connectivity index (χ4n) is 2.54. The van der Waals surface area contributed by atoms with Gasteiger partial charge in [0, 0.05) is 31.6 Å². The first-order valence-electron chi connectivity index (χ1n) is 6.79. The second-order valence-electron chi connectivity index (χ2n) is 6.12. The molecular formula is C15H19N3O2. The van der Waals surface area contributed by atoms with Crippen LogP contribution in [0.25, 0.3) is 11.0 Å². The number of likely N-dealkylation sites (tertiary alicyclic amines) is 1. The Labute approximate surface area is 117 Å². The predicted octanol–water partition coefficient (Wildman–Crippen LogP) is 1.42. The number of benzene rings is 1. The van der Waals surface area contributed by atoms with E-state index in [-0.39, 0.29) is 11.8 Å². The van der Waals surface area contributed by atoms with Crippen molar-refractivity contribution < 1.29 is 9.90 Å². The van der Waals surface area contributed by atoms with Gasteiger partial charge in [-0.2, -0.15) is 0 Å². The number of rotatable bonds is 2. The smallest absolute Gasteiger partial charge is 0.253 e. The van der Waals surface area contributed by atoms with Gasteiger partial charge in [0.15, 0.2) is 0 Å².